The minimum atomic E-state index is -0.811. The molecule has 8 nitrogen and oxygen atoms in total. The van der Waals surface area contributed by atoms with E-state index in [0.29, 0.717) is 12.8 Å². The number of hydrogen-bond acceptors (Lipinski definition) is 8. The van der Waals surface area contributed by atoms with Gasteiger partial charge in [-0.1, -0.05) is 32.1 Å². The van der Waals surface area contributed by atoms with Gasteiger partial charge in [-0.2, -0.15) is 0 Å². The lowest BCUT2D eigenvalue weighted by molar-refractivity contribution is 0.0963. The first-order valence-electron chi connectivity index (χ1n) is 10.4. The Kier molecular flexibility index (Phi) is 8.78. The van der Waals surface area contributed by atoms with Crippen LogP contribution in [0.4, 0.5) is 0 Å². The van der Waals surface area contributed by atoms with Gasteiger partial charge in [0.15, 0.2) is 11.6 Å². The SMILES string of the molecule is Cc1cc(O)c(C(=O)CCCCCCCCCC(=O)c2c(O)cc(C)oc2=O)c(=O)o1. The van der Waals surface area contributed by atoms with E-state index in [2.05, 4.69) is 0 Å². The van der Waals surface area contributed by atoms with Gasteiger partial charge in [0.1, 0.15) is 34.1 Å². The van der Waals surface area contributed by atoms with E-state index in [1.54, 1.807) is 0 Å². The number of aromatic hydroxyl groups is 2. The minimum absolute atomic E-state index is 0.165. The molecule has 0 amide bonds. The number of unbranched alkanes of at least 4 members (excludes halogenated alkanes) is 6. The van der Waals surface area contributed by atoms with Crippen molar-refractivity contribution in [3.05, 3.63) is 55.6 Å². The Morgan fingerprint density at radius 3 is 1.32 bits per heavy atom. The van der Waals surface area contributed by atoms with E-state index in [4.69, 9.17) is 8.83 Å². The van der Waals surface area contributed by atoms with E-state index in [-0.39, 0.29) is 47.0 Å². The fourth-order valence-electron chi connectivity index (χ4n) is 3.41. The smallest absolute Gasteiger partial charge is 0.350 e. The molecule has 0 atom stereocenters. The minimum Gasteiger partial charge on any atom is -0.507 e. The van der Waals surface area contributed by atoms with Crippen molar-refractivity contribution < 1.29 is 28.6 Å². The molecule has 0 aliphatic rings. The topological polar surface area (TPSA) is 135 Å². The van der Waals surface area contributed by atoms with Crippen molar-refractivity contribution in [2.45, 2.75) is 71.6 Å². The average Bonchev–Trinajstić information content (AvgIpc) is 2.65. The highest BCUT2D eigenvalue weighted by molar-refractivity contribution is 5.98. The van der Waals surface area contributed by atoms with Gasteiger partial charge in [-0.25, -0.2) is 9.59 Å². The number of aryl methyl sites for hydroxylation is 2. The normalized spacial score (nSPS) is 10.9. The van der Waals surface area contributed by atoms with Gasteiger partial charge >= 0.3 is 11.3 Å². The van der Waals surface area contributed by atoms with Gasteiger partial charge in [0.25, 0.3) is 0 Å². The maximum Gasteiger partial charge on any atom is 0.350 e. The van der Waals surface area contributed by atoms with Crippen LogP contribution in [0.1, 0.15) is 90.0 Å². The van der Waals surface area contributed by atoms with Gasteiger partial charge in [0, 0.05) is 25.0 Å². The highest BCUT2D eigenvalue weighted by Gasteiger charge is 2.18. The number of carbonyl (C=O) groups excluding carboxylic acids is 2. The maximum absolute atomic E-state index is 12.1. The molecule has 0 bridgehead atoms. The highest BCUT2D eigenvalue weighted by atomic mass is 16.4. The average molecular weight is 432 g/mol. The molecular formula is C23H28O8. The fraction of sp³-hybridized carbons (Fsp3) is 0.478. The number of hydrogen-bond donors (Lipinski definition) is 2. The zero-order valence-corrected chi connectivity index (χ0v) is 17.9. The van der Waals surface area contributed by atoms with Crippen LogP contribution in [0, 0.1) is 13.8 Å². The van der Waals surface area contributed by atoms with Crippen LogP contribution in [-0.2, 0) is 0 Å². The van der Waals surface area contributed by atoms with Crippen molar-refractivity contribution in [2.75, 3.05) is 0 Å². The summed E-state index contributed by atoms with van der Waals surface area (Å²) in [6, 6.07) is 2.51. The summed E-state index contributed by atoms with van der Waals surface area (Å²) in [6.45, 7) is 3.04. The van der Waals surface area contributed by atoms with E-state index in [9.17, 15) is 29.4 Å². The Hall–Kier alpha value is -3.16. The molecule has 0 aliphatic heterocycles. The Morgan fingerprint density at radius 1 is 0.677 bits per heavy atom. The first-order valence-corrected chi connectivity index (χ1v) is 10.4. The zero-order valence-electron chi connectivity index (χ0n) is 17.9. The van der Waals surface area contributed by atoms with E-state index in [1.807, 2.05) is 0 Å². The molecule has 0 unspecified atom stereocenters. The van der Waals surface area contributed by atoms with Crippen molar-refractivity contribution in [1.29, 1.82) is 0 Å². The van der Waals surface area contributed by atoms with Crippen molar-refractivity contribution in [3.63, 3.8) is 0 Å². The van der Waals surface area contributed by atoms with E-state index in [1.165, 1.54) is 26.0 Å². The molecule has 2 rings (SSSR count). The molecule has 0 fully saturated rings. The molecule has 2 aromatic rings. The number of carbonyl (C=O) groups is 2. The second kappa shape index (κ2) is 11.3. The molecule has 0 aliphatic carbocycles. The second-order valence-corrected chi connectivity index (χ2v) is 7.63. The molecule has 168 valence electrons. The summed E-state index contributed by atoms with van der Waals surface area (Å²) in [5.41, 5.74) is -2.20. The summed E-state index contributed by atoms with van der Waals surface area (Å²) in [7, 11) is 0. The first kappa shape index (κ1) is 24.1. The summed E-state index contributed by atoms with van der Waals surface area (Å²) in [6.07, 6.45) is 5.88. The lowest BCUT2D eigenvalue weighted by Crippen LogP contribution is -2.14. The first-order chi connectivity index (χ1) is 14.7. The summed E-state index contributed by atoms with van der Waals surface area (Å²) in [5.74, 6) is -1.03. The van der Waals surface area contributed by atoms with Crippen molar-refractivity contribution in [2.24, 2.45) is 0 Å². The standard InChI is InChI=1S/C23H28O8/c1-14-12-18(26)20(22(28)30-14)16(24)10-8-6-4-3-5-7-9-11-17(25)21-19(27)13-15(2)31-23(21)29/h12-13,26-27H,3-11H2,1-2H3. The Balaban J connectivity index is 1.61. The number of rotatable bonds is 12. The van der Waals surface area contributed by atoms with Crippen LogP contribution < -0.4 is 11.3 Å². The lowest BCUT2D eigenvalue weighted by atomic mass is 10.0. The predicted molar refractivity (Wildman–Crippen MR) is 113 cm³/mol. The van der Waals surface area contributed by atoms with Crippen LogP contribution in [0.15, 0.2) is 30.6 Å². The van der Waals surface area contributed by atoms with Gasteiger partial charge < -0.3 is 19.0 Å². The lowest BCUT2D eigenvalue weighted by Gasteiger charge is -2.05. The van der Waals surface area contributed by atoms with E-state index >= 15 is 0 Å². The predicted octanol–water partition coefficient (Wildman–Crippen LogP) is 4.20. The maximum atomic E-state index is 12.1. The van der Waals surface area contributed by atoms with Crippen LogP contribution in [0.2, 0.25) is 0 Å². The molecule has 8 heteroatoms. The molecule has 2 aromatic heterocycles. The monoisotopic (exact) mass is 432 g/mol. The summed E-state index contributed by atoms with van der Waals surface area (Å²) < 4.78 is 9.72. The summed E-state index contributed by atoms with van der Waals surface area (Å²) >= 11 is 0. The largest absolute Gasteiger partial charge is 0.507 e. The van der Waals surface area contributed by atoms with Gasteiger partial charge in [0.05, 0.1) is 0 Å². The van der Waals surface area contributed by atoms with Crippen LogP contribution in [0.5, 0.6) is 11.5 Å². The van der Waals surface area contributed by atoms with Crippen LogP contribution in [0.3, 0.4) is 0 Å². The summed E-state index contributed by atoms with van der Waals surface area (Å²) in [5, 5.41) is 19.6. The molecule has 2 N–H and O–H groups in total. The molecule has 2 heterocycles. The third kappa shape index (κ3) is 6.94. The molecule has 0 saturated heterocycles. The molecule has 0 radical (unpaired) electrons. The number of ketones is 2. The molecule has 0 spiro atoms. The molecule has 0 saturated carbocycles. The zero-order chi connectivity index (χ0) is 23.0. The Bertz CT molecular complexity index is 961. The fourth-order valence-corrected chi connectivity index (χ4v) is 3.41. The van der Waals surface area contributed by atoms with Gasteiger partial charge in [-0.3, -0.25) is 9.59 Å². The molecule has 31 heavy (non-hydrogen) atoms. The van der Waals surface area contributed by atoms with Gasteiger partial charge in [0.2, 0.25) is 0 Å². The van der Waals surface area contributed by atoms with Crippen LogP contribution in [-0.4, -0.2) is 21.8 Å². The van der Waals surface area contributed by atoms with Crippen LogP contribution >= 0.6 is 0 Å². The van der Waals surface area contributed by atoms with Gasteiger partial charge in [-0.05, 0) is 26.7 Å². The second-order valence-electron chi connectivity index (χ2n) is 7.63. The van der Waals surface area contributed by atoms with E-state index in [0.717, 1.165) is 32.1 Å². The Labute approximate surface area is 179 Å². The molecule has 0 aromatic carbocycles. The summed E-state index contributed by atoms with van der Waals surface area (Å²) in [4.78, 5) is 47.7. The Morgan fingerprint density at radius 2 is 1.00 bits per heavy atom. The quantitative estimate of drug-likeness (QED) is 0.376. The van der Waals surface area contributed by atoms with E-state index < -0.39 is 22.8 Å². The third-order valence-electron chi connectivity index (χ3n) is 4.97. The third-order valence-corrected chi connectivity index (χ3v) is 4.97. The van der Waals surface area contributed by atoms with Crippen molar-refractivity contribution in [1.82, 2.24) is 0 Å². The van der Waals surface area contributed by atoms with Crippen molar-refractivity contribution in [3.8, 4) is 11.5 Å². The van der Waals surface area contributed by atoms with Gasteiger partial charge in [-0.15, -0.1) is 0 Å². The number of Topliss-reactive ketones (excluding diaryl/α,β-unsaturated/α-hetero) is 2. The van der Waals surface area contributed by atoms with Crippen LogP contribution in [0.25, 0.3) is 0 Å². The molecular weight excluding hydrogens is 404 g/mol. The van der Waals surface area contributed by atoms with Crippen molar-refractivity contribution >= 4 is 11.6 Å². The highest BCUT2D eigenvalue weighted by Crippen LogP contribution is 2.19.